The first-order chi connectivity index (χ1) is 57.6. The van der Waals surface area contributed by atoms with E-state index in [1.807, 2.05) is 148 Å². The van der Waals surface area contributed by atoms with Crippen LogP contribution in [0.15, 0.2) is 177 Å². The number of ether oxygens (including phenoxy) is 6. The van der Waals surface area contributed by atoms with Crippen LogP contribution in [0, 0.1) is 16.2 Å². The van der Waals surface area contributed by atoms with Crippen molar-refractivity contribution in [1.29, 1.82) is 0 Å². The number of para-hydroxylation sites is 3. The van der Waals surface area contributed by atoms with Gasteiger partial charge in [0.1, 0.15) is 11.2 Å². The van der Waals surface area contributed by atoms with E-state index < -0.39 is 41.3 Å². The van der Waals surface area contributed by atoms with E-state index in [0.717, 1.165) is 165 Å². The summed E-state index contributed by atoms with van der Waals surface area (Å²) in [5.74, 6) is 0.0716. The van der Waals surface area contributed by atoms with Crippen LogP contribution >= 0.6 is 35.3 Å². The first-order valence-corrected chi connectivity index (χ1v) is 42.6. The number of rotatable bonds is 14. The third-order valence-electron chi connectivity index (χ3n) is 23.7. The molecule has 0 bridgehead atoms. The Morgan fingerprint density at radius 1 is 0.451 bits per heavy atom. The van der Waals surface area contributed by atoms with E-state index >= 15 is 0 Å². The van der Waals surface area contributed by atoms with Gasteiger partial charge < -0.3 is 75.2 Å². The predicted octanol–water partition coefficient (Wildman–Crippen LogP) is 10.4. The molecule has 6 atom stereocenters. The van der Waals surface area contributed by atoms with Crippen molar-refractivity contribution in [3.8, 4) is 0 Å². The minimum Gasteiger partial charge on any atom is -0.870 e. The summed E-state index contributed by atoms with van der Waals surface area (Å²) in [6.45, 7) is 23.9. The molecule has 15 heterocycles. The van der Waals surface area contributed by atoms with Crippen LogP contribution < -0.4 is 49.9 Å². The smallest absolute Gasteiger partial charge is 0.870 e. The van der Waals surface area contributed by atoms with E-state index in [4.69, 9.17) is 49.1 Å². The van der Waals surface area contributed by atoms with Crippen LogP contribution in [0.4, 0.5) is 27.4 Å². The summed E-state index contributed by atoms with van der Waals surface area (Å²) in [7, 11) is 1.37. The zero-order valence-electron chi connectivity index (χ0n) is 69.8. The number of imidazole rings is 3. The molecule has 3 spiro atoms. The summed E-state index contributed by atoms with van der Waals surface area (Å²) < 4.78 is 40.1. The average Bonchev–Trinajstić information content (AvgIpc) is 1.54. The van der Waals surface area contributed by atoms with Gasteiger partial charge in [-0.2, -0.15) is 0 Å². The number of carboxylic acid groups (broad SMARTS) is 2. The Balaban J connectivity index is 0.000000149. The number of hydrogen-bond acceptors (Lipinski definition) is 28. The molecule has 0 saturated carbocycles. The molecule has 36 heteroatoms. The number of methoxy groups -OCH3 is 1. The van der Waals surface area contributed by atoms with Crippen molar-refractivity contribution < 1.29 is 86.9 Å². The van der Waals surface area contributed by atoms with Gasteiger partial charge in [-0.3, -0.25) is 28.2 Å². The summed E-state index contributed by atoms with van der Waals surface area (Å²) >= 11 is 4.53. The number of pyridine rings is 3. The van der Waals surface area contributed by atoms with Crippen molar-refractivity contribution in [3.05, 3.63) is 164 Å². The SMILES string of the molecule is COC(=O)c1cccc2c(Sc3cnc(N4CCC5(CC4)CO[C@@H](C)[C@H]5NC(=O)OC(C)(C)C)n4ccnc34)ccnc12.C[C@@H]1OCC2(CCN(c3ncc(Sc4ccnc5c(C(=O)O)cccc45)c4nccn34)CC2)[C@@H]1N.C[C@@H]1OCC2(CCN(c3ncc(Sc4ccnc5c(C(=O)O)cccc45)c4nccn34)CC2)[C@@H]1NC(=O)OC(C)(C)C.[Li+].[OH-]. The number of piperidine rings is 3. The fraction of sp³-hybridized carbons (Fsp3) is 0.419. The third-order valence-corrected chi connectivity index (χ3v) is 26.9. The Hall–Kier alpha value is -10.5. The quantitative estimate of drug-likeness (QED) is 0.0383. The maximum absolute atomic E-state index is 12.6. The molecule has 122 heavy (non-hydrogen) atoms. The van der Waals surface area contributed by atoms with Gasteiger partial charge in [0, 0.05) is 167 Å². The average molecular weight is 1710 g/mol. The van der Waals surface area contributed by atoms with E-state index in [1.54, 1.807) is 67.5 Å². The Morgan fingerprint density at radius 2 is 0.770 bits per heavy atom. The minimum atomic E-state index is -1.01. The number of esters is 1. The van der Waals surface area contributed by atoms with E-state index in [0.29, 0.717) is 35.3 Å². The first-order valence-electron chi connectivity index (χ1n) is 40.1. The summed E-state index contributed by atoms with van der Waals surface area (Å²) in [4.78, 5) is 115. The first kappa shape index (κ1) is 87.9. The molecule has 6 aliphatic rings. The number of aromatic nitrogens is 12. The molecule has 0 unspecified atom stereocenters. The number of alkyl carbamates (subject to hydrolysis) is 2. The van der Waals surface area contributed by atoms with Crippen molar-refractivity contribution in [2.24, 2.45) is 22.0 Å². The van der Waals surface area contributed by atoms with Crippen molar-refractivity contribution in [2.45, 2.75) is 178 Å². The number of nitrogens with one attached hydrogen (secondary N) is 2. The van der Waals surface area contributed by atoms with Crippen molar-refractivity contribution >= 4 is 133 Å². The fourth-order valence-corrected chi connectivity index (χ4v) is 20.4. The number of carboxylic acids is 2. The standard InChI is InChI=1S/C31H36N6O5S.C30H34N6O5S.C25H26N6O3S.Li.H2O/c1-19-25(35-29(39)42-30(2,3)4)31(18-41-19)10-14-36(15-11-31)28-34-17-23(26-33-13-16-37(26)28)43-22-9-12-32-24-20(22)7-6-8-21(24)27(38)40-5;1-18-24(34-28(39)41-29(2,3)4)30(17-40-18)9-13-35(14-10-30)27-33-16-22(25-32-12-15-36(25)27)42-21-8-11-31-23-19(21)6-5-7-20(23)26(37)38;1-15-21(26)25(14-34-15)6-10-30(11-7-25)24-29-13-19(22-28-9-12-31(22)24)35-18-5-8-27-20-16(18)3-2-4-17(20)23(32)33;;/h6-9,12-13,16-17,19,25H,10-11,14-15,18H2,1-5H3,(H,35,39);5-8,11-12,15-16,18,24H,9-10,13-14,17H2,1-4H3,(H,34,39)(H,37,38);2-5,8-9,12-13,15,21H,6-7,10-11,14,26H2,1H3,(H,32,33);;1H2/q;;;+1;/p-1/t19-,25+;18-,24+;15-,21+;;/m000../s1. The topological polar surface area (TPSA) is 400 Å². The molecule has 0 radical (unpaired) electrons. The molecule has 3 aromatic carbocycles. The number of benzene rings is 3. The minimum absolute atomic E-state index is 0. The third kappa shape index (κ3) is 17.6. The van der Waals surface area contributed by atoms with Gasteiger partial charge in [0.25, 0.3) is 0 Å². The number of nitrogens with zero attached hydrogens (tertiary/aromatic N) is 15. The number of nitrogens with two attached hydrogens (primary N) is 1. The molecule has 32 nitrogen and oxygen atoms in total. The molecule has 634 valence electrons. The number of amides is 2. The molecule has 7 N–H and O–H groups in total. The summed E-state index contributed by atoms with van der Waals surface area (Å²) in [5.41, 5.74) is 9.76. The van der Waals surface area contributed by atoms with Gasteiger partial charge in [0.2, 0.25) is 17.8 Å². The van der Waals surface area contributed by atoms with Crippen LogP contribution in [0.2, 0.25) is 0 Å². The van der Waals surface area contributed by atoms with Gasteiger partial charge in [0.05, 0.1) is 105 Å². The Kier molecular flexibility index (Phi) is 25.8. The number of carbonyl (C=O) groups is 5. The monoisotopic (exact) mass is 1710 g/mol. The molecule has 6 aliphatic heterocycles. The molecular formula is C86H97LiN18O14S3. The van der Waals surface area contributed by atoms with Crippen LogP contribution in [-0.4, -0.2) is 218 Å². The van der Waals surface area contributed by atoms with Crippen LogP contribution in [0.3, 0.4) is 0 Å². The van der Waals surface area contributed by atoms with Crippen LogP contribution in [-0.2, 0) is 28.4 Å². The zero-order chi connectivity index (χ0) is 84.2. The normalized spacial score (nSPS) is 20.3. The maximum atomic E-state index is 12.6. The number of aromatic carboxylic acids is 2. The Labute approximate surface area is 728 Å². The number of fused-ring (bicyclic) bond motifs is 6. The van der Waals surface area contributed by atoms with Gasteiger partial charge in [-0.05, 0) is 137 Å². The van der Waals surface area contributed by atoms with E-state index in [1.165, 1.54) is 42.4 Å². The van der Waals surface area contributed by atoms with Crippen molar-refractivity contribution in [3.63, 3.8) is 0 Å². The Bertz CT molecular complexity index is 5900. The zero-order valence-corrected chi connectivity index (χ0v) is 72.2. The van der Waals surface area contributed by atoms with Crippen LogP contribution in [0.1, 0.15) is 132 Å². The second-order valence-electron chi connectivity index (χ2n) is 33.4. The maximum Gasteiger partial charge on any atom is 1.00 e. The second kappa shape index (κ2) is 35.8. The van der Waals surface area contributed by atoms with Crippen LogP contribution in [0.5, 0.6) is 0 Å². The van der Waals surface area contributed by atoms with Gasteiger partial charge >= 0.3 is 49.0 Å². The summed E-state index contributed by atoms with van der Waals surface area (Å²) in [6.07, 6.45) is 26.0. The fourth-order valence-electron chi connectivity index (χ4n) is 17.5. The largest absolute Gasteiger partial charge is 1.00 e. The molecule has 18 rings (SSSR count). The second-order valence-corrected chi connectivity index (χ2v) is 36.7. The van der Waals surface area contributed by atoms with Crippen LogP contribution in [0.25, 0.3) is 49.7 Å². The van der Waals surface area contributed by atoms with Crippen molar-refractivity contribution in [2.75, 3.05) is 80.9 Å². The molecule has 6 fully saturated rings. The number of anilines is 3. The number of carbonyl (C=O) groups excluding carboxylic acids is 3. The van der Waals surface area contributed by atoms with Gasteiger partial charge in [-0.25, -0.2) is 53.9 Å². The van der Waals surface area contributed by atoms with E-state index in [2.05, 4.69) is 62.2 Å². The number of hydrogen-bond donors (Lipinski definition) is 5. The van der Waals surface area contributed by atoms with Gasteiger partial charge in [-0.15, -0.1) is 0 Å². The molecular weight excluding hydrogens is 1610 g/mol. The Morgan fingerprint density at radius 3 is 1.09 bits per heavy atom. The van der Waals surface area contributed by atoms with Gasteiger partial charge in [-0.1, -0.05) is 71.7 Å². The van der Waals surface area contributed by atoms with E-state index in [9.17, 15) is 34.2 Å². The summed E-state index contributed by atoms with van der Waals surface area (Å²) in [6, 6.07) is 21.4. The predicted molar refractivity (Wildman–Crippen MR) is 456 cm³/mol. The molecule has 2 amide bonds. The molecule has 0 aliphatic carbocycles. The van der Waals surface area contributed by atoms with E-state index in [-0.39, 0.29) is 88.1 Å². The molecule has 9 aromatic heterocycles. The molecule has 6 saturated heterocycles. The van der Waals surface area contributed by atoms with Gasteiger partial charge in [0.15, 0.2) is 16.9 Å². The van der Waals surface area contributed by atoms with Crippen molar-refractivity contribution in [1.82, 2.24) is 68.7 Å². The molecule has 12 aromatic rings. The summed E-state index contributed by atoms with van der Waals surface area (Å²) in [5, 5.41) is 27.8.